The molecule has 0 atom stereocenters. The minimum absolute atomic E-state index is 0.0138. The Morgan fingerprint density at radius 3 is 2.03 bits per heavy atom. The SMILES string of the molecule is CCCc1nc2ccccn2c1C(=O)N(Cc1ccccc1)Cc1ccccc1. The zero-order chi connectivity index (χ0) is 20.1. The maximum atomic E-state index is 13.8. The summed E-state index contributed by atoms with van der Waals surface area (Å²) in [4.78, 5) is 20.4. The van der Waals surface area contributed by atoms with Gasteiger partial charge in [-0.2, -0.15) is 0 Å². The van der Waals surface area contributed by atoms with Crippen LogP contribution < -0.4 is 0 Å². The predicted octanol–water partition coefficient (Wildman–Crippen LogP) is 5.13. The fraction of sp³-hybridized carbons (Fsp3) is 0.200. The number of carbonyl (C=O) groups is 1. The maximum absolute atomic E-state index is 13.8. The van der Waals surface area contributed by atoms with E-state index in [1.807, 2.05) is 70.1 Å². The molecule has 2 aromatic heterocycles. The van der Waals surface area contributed by atoms with Crippen LogP contribution in [-0.4, -0.2) is 20.2 Å². The van der Waals surface area contributed by atoms with Crippen LogP contribution in [0.15, 0.2) is 85.1 Å². The Labute approximate surface area is 171 Å². The summed E-state index contributed by atoms with van der Waals surface area (Å²) in [7, 11) is 0. The molecule has 0 aliphatic heterocycles. The number of aryl methyl sites for hydroxylation is 1. The molecule has 29 heavy (non-hydrogen) atoms. The number of amides is 1. The topological polar surface area (TPSA) is 37.6 Å². The average molecular weight is 383 g/mol. The molecule has 0 saturated carbocycles. The van der Waals surface area contributed by atoms with Crippen molar-refractivity contribution in [2.24, 2.45) is 0 Å². The van der Waals surface area contributed by atoms with E-state index in [4.69, 9.17) is 4.98 Å². The Kier molecular flexibility index (Phi) is 5.71. The second-order valence-electron chi connectivity index (χ2n) is 7.22. The van der Waals surface area contributed by atoms with Crippen LogP contribution in [-0.2, 0) is 19.5 Å². The largest absolute Gasteiger partial charge is 0.329 e. The Balaban J connectivity index is 1.74. The van der Waals surface area contributed by atoms with Crippen molar-refractivity contribution < 1.29 is 4.79 Å². The second kappa shape index (κ2) is 8.74. The Morgan fingerprint density at radius 2 is 1.45 bits per heavy atom. The van der Waals surface area contributed by atoms with Gasteiger partial charge in [0.25, 0.3) is 5.91 Å². The van der Waals surface area contributed by atoms with Crippen molar-refractivity contribution in [3.05, 3.63) is 108 Å². The van der Waals surface area contributed by atoms with Gasteiger partial charge in [-0.3, -0.25) is 9.20 Å². The molecular weight excluding hydrogens is 358 g/mol. The van der Waals surface area contributed by atoms with Crippen LogP contribution >= 0.6 is 0 Å². The fourth-order valence-electron chi connectivity index (χ4n) is 3.64. The molecule has 0 unspecified atom stereocenters. The third-order valence-electron chi connectivity index (χ3n) is 5.01. The number of benzene rings is 2. The average Bonchev–Trinajstić information content (AvgIpc) is 3.12. The van der Waals surface area contributed by atoms with Crippen LogP contribution in [0.2, 0.25) is 0 Å². The number of pyridine rings is 1. The van der Waals surface area contributed by atoms with Crippen LogP contribution in [0.3, 0.4) is 0 Å². The number of nitrogens with zero attached hydrogens (tertiary/aromatic N) is 3. The van der Waals surface area contributed by atoms with Crippen molar-refractivity contribution in [3.8, 4) is 0 Å². The Hall–Kier alpha value is -3.40. The lowest BCUT2D eigenvalue weighted by Gasteiger charge is -2.23. The van der Waals surface area contributed by atoms with Crippen molar-refractivity contribution in [2.45, 2.75) is 32.9 Å². The molecule has 4 nitrogen and oxygen atoms in total. The maximum Gasteiger partial charge on any atom is 0.273 e. The van der Waals surface area contributed by atoms with E-state index in [2.05, 4.69) is 31.2 Å². The monoisotopic (exact) mass is 383 g/mol. The molecule has 4 heteroatoms. The molecule has 4 aromatic rings. The molecule has 0 bridgehead atoms. The number of hydrogen-bond acceptors (Lipinski definition) is 2. The first-order valence-electron chi connectivity index (χ1n) is 10.1. The fourth-order valence-corrected chi connectivity index (χ4v) is 3.64. The van der Waals surface area contributed by atoms with Crippen LogP contribution in [0.5, 0.6) is 0 Å². The normalized spacial score (nSPS) is 10.9. The minimum Gasteiger partial charge on any atom is -0.329 e. The van der Waals surface area contributed by atoms with Gasteiger partial charge in [0, 0.05) is 19.3 Å². The van der Waals surface area contributed by atoms with Gasteiger partial charge in [0.15, 0.2) is 0 Å². The summed E-state index contributed by atoms with van der Waals surface area (Å²) in [5, 5.41) is 0. The van der Waals surface area contributed by atoms with Crippen molar-refractivity contribution in [1.82, 2.24) is 14.3 Å². The summed E-state index contributed by atoms with van der Waals surface area (Å²) in [6.07, 6.45) is 3.66. The van der Waals surface area contributed by atoms with Gasteiger partial charge in [-0.05, 0) is 29.7 Å². The minimum atomic E-state index is 0.0138. The van der Waals surface area contributed by atoms with E-state index in [1.54, 1.807) is 0 Å². The smallest absolute Gasteiger partial charge is 0.273 e. The summed E-state index contributed by atoms with van der Waals surface area (Å²) >= 11 is 0. The third-order valence-corrected chi connectivity index (χ3v) is 5.01. The highest BCUT2D eigenvalue weighted by Crippen LogP contribution is 2.20. The Bertz CT molecular complexity index is 1050. The molecule has 0 aliphatic carbocycles. The molecule has 0 aliphatic rings. The molecule has 0 spiro atoms. The van der Waals surface area contributed by atoms with Gasteiger partial charge in [-0.1, -0.05) is 80.1 Å². The molecule has 4 rings (SSSR count). The standard InChI is InChI=1S/C25H25N3O/c1-2-11-22-24(28-17-10-9-16-23(28)26-22)25(29)27(18-20-12-5-3-6-13-20)19-21-14-7-4-8-15-21/h3-10,12-17H,2,11,18-19H2,1H3. The first-order valence-corrected chi connectivity index (χ1v) is 10.1. The van der Waals surface area contributed by atoms with Gasteiger partial charge in [0.05, 0.1) is 5.69 Å². The highest BCUT2D eigenvalue weighted by atomic mass is 16.2. The molecule has 2 aromatic carbocycles. The summed E-state index contributed by atoms with van der Waals surface area (Å²) < 4.78 is 1.93. The van der Waals surface area contributed by atoms with Crippen molar-refractivity contribution in [1.29, 1.82) is 0 Å². The van der Waals surface area contributed by atoms with E-state index in [0.717, 1.165) is 35.3 Å². The molecule has 1 amide bonds. The van der Waals surface area contributed by atoms with Crippen molar-refractivity contribution in [3.63, 3.8) is 0 Å². The van der Waals surface area contributed by atoms with Gasteiger partial charge >= 0.3 is 0 Å². The van der Waals surface area contributed by atoms with E-state index in [0.29, 0.717) is 18.8 Å². The lowest BCUT2D eigenvalue weighted by Crippen LogP contribution is -2.31. The summed E-state index contributed by atoms with van der Waals surface area (Å²) in [6.45, 7) is 3.23. The molecule has 0 N–H and O–H groups in total. The number of fused-ring (bicyclic) bond motifs is 1. The van der Waals surface area contributed by atoms with Crippen molar-refractivity contribution in [2.75, 3.05) is 0 Å². The quantitative estimate of drug-likeness (QED) is 0.444. The zero-order valence-electron chi connectivity index (χ0n) is 16.7. The van der Waals surface area contributed by atoms with Crippen LogP contribution in [0.4, 0.5) is 0 Å². The second-order valence-corrected chi connectivity index (χ2v) is 7.22. The summed E-state index contributed by atoms with van der Waals surface area (Å²) in [5.41, 5.74) is 4.59. The number of aromatic nitrogens is 2. The molecule has 146 valence electrons. The zero-order valence-corrected chi connectivity index (χ0v) is 16.7. The van der Waals surface area contributed by atoms with Gasteiger partial charge in [0.1, 0.15) is 11.3 Å². The molecular formula is C25H25N3O. The lowest BCUT2D eigenvalue weighted by atomic mass is 10.1. The highest BCUT2D eigenvalue weighted by Gasteiger charge is 2.24. The molecule has 2 heterocycles. The first kappa shape index (κ1) is 18.9. The van der Waals surface area contributed by atoms with E-state index >= 15 is 0 Å². The molecule has 0 radical (unpaired) electrons. The number of rotatable bonds is 7. The lowest BCUT2D eigenvalue weighted by molar-refractivity contribution is 0.0721. The van der Waals surface area contributed by atoms with Gasteiger partial charge in [-0.15, -0.1) is 0 Å². The first-order chi connectivity index (χ1) is 14.3. The van der Waals surface area contributed by atoms with Gasteiger partial charge < -0.3 is 4.90 Å². The highest BCUT2D eigenvalue weighted by molar-refractivity contribution is 5.94. The number of hydrogen-bond donors (Lipinski definition) is 0. The van der Waals surface area contributed by atoms with Gasteiger partial charge in [0.2, 0.25) is 0 Å². The van der Waals surface area contributed by atoms with E-state index in [1.165, 1.54) is 0 Å². The number of imidazole rings is 1. The van der Waals surface area contributed by atoms with Crippen molar-refractivity contribution >= 4 is 11.6 Å². The summed E-state index contributed by atoms with van der Waals surface area (Å²) in [5.74, 6) is 0.0138. The number of carbonyl (C=O) groups excluding carboxylic acids is 1. The van der Waals surface area contributed by atoms with Crippen LogP contribution in [0, 0.1) is 0 Å². The van der Waals surface area contributed by atoms with E-state index in [-0.39, 0.29) is 5.91 Å². The van der Waals surface area contributed by atoms with E-state index < -0.39 is 0 Å². The van der Waals surface area contributed by atoms with E-state index in [9.17, 15) is 4.79 Å². The Morgan fingerprint density at radius 1 is 0.862 bits per heavy atom. The van der Waals surface area contributed by atoms with Gasteiger partial charge in [-0.25, -0.2) is 4.98 Å². The predicted molar refractivity (Wildman–Crippen MR) is 116 cm³/mol. The molecule has 0 fully saturated rings. The summed E-state index contributed by atoms with van der Waals surface area (Å²) in [6, 6.07) is 26.1. The molecule has 0 saturated heterocycles. The van der Waals surface area contributed by atoms with Crippen LogP contribution in [0.1, 0.15) is 40.7 Å². The third kappa shape index (κ3) is 4.21. The van der Waals surface area contributed by atoms with Crippen LogP contribution in [0.25, 0.3) is 5.65 Å².